The fourth-order valence-corrected chi connectivity index (χ4v) is 4.94. The average Bonchev–Trinajstić information content (AvgIpc) is 3.37. The first-order valence-electron chi connectivity index (χ1n) is 11.4. The first-order chi connectivity index (χ1) is 17.4. The van der Waals surface area contributed by atoms with E-state index in [-0.39, 0.29) is 28.9 Å². The van der Waals surface area contributed by atoms with Gasteiger partial charge in [0, 0.05) is 24.2 Å². The molecule has 0 aliphatic heterocycles. The SMILES string of the molecule is CCOc1ccc(-c2nnc(NC(=O)c3ccc(S(=O)(=O)N(CC)Cc4ccccc4)cc3)o2)cc1. The number of sulfonamides is 1. The lowest BCUT2D eigenvalue weighted by Gasteiger charge is -2.20. The minimum absolute atomic E-state index is 0.0689. The van der Waals surface area contributed by atoms with Crippen LogP contribution in [0.15, 0.2) is 88.2 Å². The summed E-state index contributed by atoms with van der Waals surface area (Å²) in [7, 11) is -3.73. The summed E-state index contributed by atoms with van der Waals surface area (Å²) in [4.78, 5) is 12.8. The van der Waals surface area contributed by atoms with Crippen LogP contribution in [0.2, 0.25) is 0 Å². The molecule has 1 heterocycles. The number of carbonyl (C=O) groups excluding carboxylic acids is 1. The molecule has 4 rings (SSSR count). The number of carbonyl (C=O) groups is 1. The summed E-state index contributed by atoms with van der Waals surface area (Å²) in [5, 5.41) is 10.4. The molecule has 9 nitrogen and oxygen atoms in total. The third-order valence-electron chi connectivity index (χ3n) is 5.37. The molecular formula is C26H26N4O5S. The van der Waals surface area contributed by atoms with Gasteiger partial charge in [0.2, 0.25) is 15.9 Å². The number of anilines is 1. The maximum absolute atomic E-state index is 13.1. The molecule has 0 unspecified atom stereocenters. The molecule has 0 aliphatic rings. The summed E-state index contributed by atoms with van der Waals surface area (Å²) in [6.45, 7) is 4.82. The molecule has 3 aromatic carbocycles. The van der Waals surface area contributed by atoms with Crippen LogP contribution >= 0.6 is 0 Å². The van der Waals surface area contributed by atoms with E-state index in [4.69, 9.17) is 9.15 Å². The maximum atomic E-state index is 13.1. The third-order valence-corrected chi connectivity index (χ3v) is 7.30. The molecule has 1 aromatic heterocycles. The zero-order chi connectivity index (χ0) is 25.5. The van der Waals surface area contributed by atoms with E-state index in [1.807, 2.05) is 37.3 Å². The smallest absolute Gasteiger partial charge is 0.322 e. The first-order valence-corrected chi connectivity index (χ1v) is 12.9. The van der Waals surface area contributed by atoms with Crippen LogP contribution < -0.4 is 10.1 Å². The van der Waals surface area contributed by atoms with Crippen LogP contribution in [0.3, 0.4) is 0 Å². The van der Waals surface area contributed by atoms with Crippen LogP contribution in [0, 0.1) is 0 Å². The largest absolute Gasteiger partial charge is 0.494 e. The molecule has 10 heteroatoms. The van der Waals surface area contributed by atoms with Crippen molar-refractivity contribution in [1.82, 2.24) is 14.5 Å². The molecule has 0 saturated heterocycles. The number of hydrogen-bond donors (Lipinski definition) is 1. The van der Waals surface area contributed by atoms with E-state index in [1.165, 1.54) is 28.6 Å². The molecule has 4 aromatic rings. The fourth-order valence-electron chi connectivity index (χ4n) is 3.50. The van der Waals surface area contributed by atoms with Crippen molar-refractivity contribution in [2.75, 3.05) is 18.5 Å². The van der Waals surface area contributed by atoms with Crippen LogP contribution in [0.1, 0.15) is 29.8 Å². The standard InChI is InChI=1S/C26H26N4O5S/c1-3-30(18-19-8-6-5-7-9-19)36(32,33)23-16-12-20(13-17-23)24(31)27-26-29-28-25(35-26)21-10-14-22(15-11-21)34-4-2/h5-17H,3-4,18H2,1-2H3,(H,27,29,31). The molecule has 0 fully saturated rings. The molecule has 0 aliphatic carbocycles. The Balaban J connectivity index is 1.43. The molecule has 1 amide bonds. The first kappa shape index (κ1) is 25.1. The number of rotatable bonds is 10. The normalized spacial score (nSPS) is 11.4. The van der Waals surface area contributed by atoms with E-state index >= 15 is 0 Å². The number of nitrogens with zero attached hydrogens (tertiary/aromatic N) is 3. The molecule has 36 heavy (non-hydrogen) atoms. The van der Waals surface area contributed by atoms with Crippen molar-refractivity contribution in [3.05, 3.63) is 90.0 Å². The molecular weight excluding hydrogens is 480 g/mol. The average molecular weight is 507 g/mol. The number of hydrogen-bond acceptors (Lipinski definition) is 7. The van der Waals surface area contributed by atoms with Crippen molar-refractivity contribution >= 4 is 21.9 Å². The lowest BCUT2D eigenvalue weighted by Crippen LogP contribution is -2.30. The topological polar surface area (TPSA) is 115 Å². The number of nitrogens with one attached hydrogen (secondary N) is 1. The zero-order valence-corrected chi connectivity index (χ0v) is 20.7. The highest BCUT2D eigenvalue weighted by molar-refractivity contribution is 7.89. The highest BCUT2D eigenvalue weighted by Gasteiger charge is 2.23. The Hall–Kier alpha value is -4.02. The Morgan fingerprint density at radius 3 is 2.28 bits per heavy atom. The van der Waals surface area contributed by atoms with Crippen LogP contribution in [-0.2, 0) is 16.6 Å². The molecule has 0 saturated carbocycles. The van der Waals surface area contributed by atoms with Crippen molar-refractivity contribution in [2.24, 2.45) is 0 Å². The van der Waals surface area contributed by atoms with Crippen molar-refractivity contribution < 1.29 is 22.4 Å². The molecule has 186 valence electrons. The highest BCUT2D eigenvalue weighted by atomic mass is 32.2. The Morgan fingerprint density at radius 1 is 0.944 bits per heavy atom. The van der Waals surface area contributed by atoms with Gasteiger partial charge in [-0.05, 0) is 61.0 Å². The monoisotopic (exact) mass is 506 g/mol. The van der Waals surface area contributed by atoms with Crippen molar-refractivity contribution in [3.63, 3.8) is 0 Å². The van der Waals surface area contributed by atoms with E-state index in [0.717, 1.165) is 11.3 Å². The summed E-state index contributed by atoms with van der Waals surface area (Å²) in [5.41, 5.74) is 1.82. The number of amides is 1. The Labute approximate surface area is 209 Å². The van der Waals surface area contributed by atoms with Crippen LogP contribution in [0.25, 0.3) is 11.5 Å². The molecule has 1 N–H and O–H groups in total. The highest BCUT2D eigenvalue weighted by Crippen LogP contribution is 2.23. The molecule has 0 radical (unpaired) electrons. The second-order valence-corrected chi connectivity index (χ2v) is 9.70. The fraction of sp³-hybridized carbons (Fsp3) is 0.192. The van der Waals surface area contributed by atoms with Crippen molar-refractivity contribution in [3.8, 4) is 17.2 Å². The Bertz CT molecular complexity index is 1400. The van der Waals surface area contributed by atoms with Gasteiger partial charge in [0.15, 0.2) is 0 Å². The Kier molecular flexibility index (Phi) is 7.77. The van der Waals surface area contributed by atoms with Crippen LogP contribution in [0.5, 0.6) is 5.75 Å². The van der Waals surface area contributed by atoms with Gasteiger partial charge >= 0.3 is 6.01 Å². The van der Waals surface area contributed by atoms with Gasteiger partial charge in [-0.1, -0.05) is 42.4 Å². The van der Waals surface area contributed by atoms with E-state index in [9.17, 15) is 13.2 Å². The van der Waals surface area contributed by atoms with Gasteiger partial charge in [-0.25, -0.2) is 8.42 Å². The molecule has 0 atom stereocenters. The quantitative estimate of drug-likeness (QED) is 0.334. The van der Waals surface area contributed by atoms with Crippen molar-refractivity contribution in [2.45, 2.75) is 25.3 Å². The maximum Gasteiger partial charge on any atom is 0.322 e. The third kappa shape index (κ3) is 5.78. The van der Waals surface area contributed by atoms with E-state index in [0.29, 0.717) is 18.7 Å². The van der Waals surface area contributed by atoms with Gasteiger partial charge in [0.25, 0.3) is 5.91 Å². The molecule has 0 bridgehead atoms. The van der Waals surface area contributed by atoms with Crippen LogP contribution in [0.4, 0.5) is 6.01 Å². The van der Waals surface area contributed by atoms with Gasteiger partial charge < -0.3 is 9.15 Å². The van der Waals surface area contributed by atoms with Gasteiger partial charge in [0.1, 0.15) is 5.75 Å². The Morgan fingerprint density at radius 2 is 1.64 bits per heavy atom. The zero-order valence-electron chi connectivity index (χ0n) is 19.9. The summed E-state index contributed by atoms with van der Waals surface area (Å²) < 4.78 is 38.6. The van der Waals surface area contributed by atoms with Gasteiger partial charge in [0.05, 0.1) is 11.5 Å². The summed E-state index contributed by atoms with van der Waals surface area (Å²) >= 11 is 0. The summed E-state index contributed by atoms with van der Waals surface area (Å²) in [6, 6.07) is 22.2. The minimum atomic E-state index is -3.73. The predicted molar refractivity (Wildman–Crippen MR) is 135 cm³/mol. The van der Waals surface area contributed by atoms with Gasteiger partial charge in [-0.15, -0.1) is 5.10 Å². The lowest BCUT2D eigenvalue weighted by atomic mass is 10.2. The van der Waals surface area contributed by atoms with E-state index < -0.39 is 15.9 Å². The second kappa shape index (κ2) is 11.1. The number of benzene rings is 3. The predicted octanol–water partition coefficient (Wildman–Crippen LogP) is 4.60. The number of aromatic nitrogens is 2. The van der Waals surface area contributed by atoms with Crippen LogP contribution in [-0.4, -0.2) is 42.0 Å². The summed E-state index contributed by atoms with van der Waals surface area (Å²) in [5.74, 6) is 0.465. The lowest BCUT2D eigenvalue weighted by molar-refractivity contribution is 0.102. The van der Waals surface area contributed by atoms with Gasteiger partial charge in [-0.2, -0.15) is 4.31 Å². The number of ether oxygens (including phenoxy) is 1. The second-order valence-electron chi connectivity index (χ2n) is 7.77. The van der Waals surface area contributed by atoms with E-state index in [1.54, 1.807) is 31.2 Å². The van der Waals surface area contributed by atoms with Gasteiger partial charge in [-0.3, -0.25) is 10.1 Å². The molecule has 0 spiro atoms. The van der Waals surface area contributed by atoms with E-state index in [2.05, 4.69) is 15.5 Å². The summed E-state index contributed by atoms with van der Waals surface area (Å²) in [6.07, 6.45) is 0. The van der Waals surface area contributed by atoms with Crippen molar-refractivity contribution in [1.29, 1.82) is 0 Å². The minimum Gasteiger partial charge on any atom is -0.494 e.